The van der Waals surface area contributed by atoms with Crippen molar-refractivity contribution in [3.8, 4) is 0 Å². The van der Waals surface area contributed by atoms with Gasteiger partial charge >= 0.3 is 102 Å². The third kappa shape index (κ3) is 7.69. The van der Waals surface area contributed by atoms with Gasteiger partial charge in [-0.15, -0.1) is 0 Å². The summed E-state index contributed by atoms with van der Waals surface area (Å²) < 4.78 is 1.28. The van der Waals surface area contributed by atoms with Gasteiger partial charge in [0.2, 0.25) is 0 Å². The number of allylic oxidation sites excluding steroid dienone is 1. The predicted octanol–water partition coefficient (Wildman–Crippen LogP) is 3.73. The fraction of sp³-hybridized carbons (Fsp3) is 0.375. The molecule has 0 atom stereocenters. The first-order valence-electron chi connectivity index (χ1n) is 6.13. The van der Waals surface area contributed by atoms with Crippen LogP contribution in [0.2, 0.25) is 0 Å². The second kappa shape index (κ2) is 12.2. The first kappa shape index (κ1) is 21.7. The molecule has 0 amide bonds. The van der Waals surface area contributed by atoms with Crippen molar-refractivity contribution in [2.75, 3.05) is 18.0 Å². The van der Waals surface area contributed by atoms with Crippen LogP contribution in [0, 0.1) is 19.6 Å². The molecule has 19 heavy (non-hydrogen) atoms. The maximum atomic E-state index is 3.24. The van der Waals surface area contributed by atoms with Crippen LogP contribution in [0.4, 0.5) is 5.69 Å². The normalized spacial score (nSPS) is 12.5. The molecule has 0 aliphatic carbocycles. The Kier molecular flexibility index (Phi) is 13.9. The SMILES string of the molecule is CC.C[C](=[W])[C-]=Cc1[c-]ccc(N2CCC2)c1.[CH3-].[Y]. The van der Waals surface area contributed by atoms with Gasteiger partial charge in [-0.3, -0.25) is 0 Å². The fourth-order valence-corrected chi connectivity index (χ4v) is 1.72. The molecule has 0 saturated carbocycles. The van der Waals surface area contributed by atoms with Crippen molar-refractivity contribution in [1.29, 1.82) is 0 Å². The second-order valence-electron chi connectivity index (χ2n) is 3.69. The van der Waals surface area contributed by atoms with Gasteiger partial charge in [-0.25, -0.2) is 0 Å². The van der Waals surface area contributed by atoms with Crippen LogP contribution in [0.25, 0.3) is 6.08 Å². The summed E-state index contributed by atoms with van der Waals surface area (Å²) in [6.45, 7) is 8.48. The van der Waals surface area contributed by atoms with E-state index in [1.807, 2.05) is 26.0 Å². The number of hydrogen-bond acceptors (Lipinski definition) is 1. The fourth-order valence-electron chi connectivity index (χ4n) is 1.51. The van der Waals surface area contributed by atoms with Crippen LogP contribution >= 0.6 is 0 Å². The van der Waals surface area contributed by atoms with Gasteiger partial charge in [-0.2, -0.15) is 0 Å². The van der Waals surface area contributed by atoms with Gasteiger partial charge in [0.15, 0.2) is 0 Å². The Morgan fingerprint density at radius 2 is 2.05 bits per heavy atom. The van der Waals surface area contributed by atoms with Gasteiger partial charge in [0.05, 0.1) is 0 Å². The molecule has 103 valence electrons. The van der Waals surface area contributed by atoms with E-state index in [-0.39, 0.29) is 40.1 Å². The molecule has 1 aromatic carbocycles. The molecule has 3 heteroatoms. The molecule has 1 aromatic rings. The summed E-state index contributed by atoms with van der Waals surface area (Å²) in [5.41, 5.74) is 2.44. The number of benzene rings is 1. The van der Waals surface area contributed by atoms with Gasteiger partial charge in [0.25, 0.3) is 0 Å². The topological polar surface area (TPSA) is 3.24 Å². The van der Waals surface area contributed by atoms with Crippen molar-refractivity contribution in [2.45, 2.75) is 27.2 Å². The monoisotopic (exact) mass is 501 g/mol. The van der Waals surface area contributed by atoms with E-state index >= 15 is 0 Å². The Bertz CT molecular complexity index is 397. The zero-order valence-corrected chi connectivity index (χ0v) is 18.1. The summed E-state index contributed by atoms with van der Waals surface area (Å²) in [6, 6.07) is 9.53. The maximum Gasteiger partial charge on any atom is 0 e. The second-order valence-corrected chi connectivity index (χ2v) is 5.89. The van der Waals surface area contributed by atoms with Crippen LogP contribution in [0.15, 0.2) is 18.2 Å². The van der Waals surface area contributed by atoms with E-state index < -0.39 is 0 Å². The Morgan fingerprint density at radius 3 is 2.53 bits per heavy atom. The van der Waals surface area contributed by atoms with E-state index in [0.717, 1.165) is 5.56 Å². The summed E-state index contributed by atoms with van der Waals surface area (Å²) in [7, 11) is 0. The molecule has 1 aliphatic rings. The summed E-state index contributed by atoms with van der Waals surface area (Å²) in [5.74, 6) is 0. The minimum atomic E-state index is 0. The molecule has 1 saturated heterocycles. The van der Waals surface area contributed by atoms with Crippen LogP contribution in [0.3, 0.4) is 0 Å². The number of nitrogens with zero attached hydrogens (tertiary/aromatic N) is 1. The van der Waals surface area contributed by atoms with E-state index in [1.54, 1.807) is 0 Å². The summed E-state index contributed by atoms with van der Waals surface area (Å²) in [5, 5.41) is 0. The van der Waals surface area contributed by atoms with Gasteiger partial charge in [0.1, 0.15) is 0 Å². The molecule has 0 spiro atoms. The number of rotatable bonds is 3. The van der Waals surface area contributed by atoms with Gasteiger partial charge < -0.3 is 7.43 Å². The summed E-state index contributed by atoms with van der Waals surface area (Å²) >= 11 is 1.47. The number of anilines is 1. The largest absolute Gasteiger partial charge is 0.358 e. The molecular weight excluding hydrogens is 479 g/mol. The Morgan fingerprint density at radius 1 is 1.42 bits per heavy atom. The Hall–Kier alpha value is 0.422. The molecule has 1 heterocycles. The molecule has 0 bridgehead atoms. The predicted molar refractivity (Wildman–Crippen MR) is 78.3 cm³/mol. The Labute approximate surface area is 155 Å². The molecule has 0 aromatic heterocycles. The molecule has 0 unspecified atom stereocenters. The van der Waals surface area contributed by atoms with E-state index in [4.69, 9.17) is 0 Å². The molecule has 0 N–H and O–H groups in total. The van der Waals surface area contributed by atoms with Crippen molar-refractivity contribution in [2.24, 2.45) is 0 Å². The van der Waals surface area contributed by atoms with E-state index in [1.165, 1.54) is 48.4 Å². The summed E-state index contributed by atoms with van der Waals surface area (Å²) in [6.07, 6.45) is 6.58. The Balaban J connectivity index is 0. The van der Waals surface area contributed by atoms with Crippen molar-refractivity contribution >= 4 is 15.7 Å². The van der Waals surface area contributed by atoms with Crippen LogP contribution in [-0.2, 0) is 52.1 Å². The molecule has 1 nitrogen and oxygen atoms in total. The van der Waals surface area contributed by atoms with Gasteiger partial charge in [0, 0.05) is 32.7 Å². The first-order valence-corrected chi connectivity index (χ1v) is 7.59. The van der Waals surface area contributed by atoms with Crippen LogP contribution in [-0.4, -0.2) is 17.0 Å². The standard InChI is InChI=1S/C13H13N.C2H6.CH3.W.Y/c1-2-3-6-12-7-4-8-13(11-12)14-9-5-10-14;1-2;;;/h4,6,8,11H,5,9-10H2,1H3;1-2H3;1H3;;/q-2;;-1;;. The van der Waals surface area contributed by atoms with E-state index in [0.29, 0.717) is 0 Å². The third-order valence-corrected chi connectivity index (χ3v) is 2.88. The maximum absolute atomic E-state index is 3.24. The molecule has 1 fully saturated rings. The first-order chi connectivity index (χ1) is 8.25. The van der Waals surface area contributed by atoms with Gasteiger partial charge in [-0.1, -0.05) is 13.8 Å². The molecule has 2 rings (SSSR count). The van der Waals surface area contributed by atoms with Crippen molar-refractivity contribution in [3.63, 3.8) is 0 Å². The van der Waals surface area contributed by atoms with Crippen molar-refractivity contribution in [3.05, 3.63) is 43.3 Å². The van der Waals surface area contributed by atoms with Crippen molar-refractivity contribution in [1.82, 2.24) is 0 Å². The minimum Gasteiger partial charge on any atom is -0.358 e. The third-order valence-electron chi connectivity index (χ3n) is 2.46. The number of hydrogen-bond donors (Lipinski definition) is 0. The van der Waals surface area contributed by atoms with Crippen LogP contribution in [0.5, 0.6) is 0 Å². The molecule has 1 radical (unpaired) electrons. The molecular formula is C16H22NWY-3. The minimum absolute atomic E-state index is 0. The van der Waals surface area contributed by atoms with Crippen molar-refractivity contribution < 1.29 is 52.1 Å². The van der Waals surface area contributed by atoms with E-state index in [2.05, 4.69) is 36.1 Å². The smallest absolute Gasteiger partial charge is 0 e. The zero-order valence-electron chi connectivity index (χ0n) is 12.4. The van der Waals surface area contributed by atoms with Crippen LogP contribution < -0.4 is 4.90 Å². The zero-order chi connectivity index (χ0) is 12.7. The average molecular weight is 501 g/mol. The quantitative estimate of drug-likeness (QED) is 0.572. The van der Waals surface area contributed by atoms with E-state index in [9.17, 15) is 0 Å². The summed E-state index contributed by atoms with van der Waals surface area (Å²) in [4.78, 5) is 2.39. The van der Waals surface area contributed by atoms with Crippen LogP contribution in [0.1, 0.15) is 32.8 Å². The average Bonchev–Trinajstić information content (AvgIpc) is 2.27. The van der Waals surface area contributed by atoms with Gasteiger partial charge in [-0.05, 0) is 0 Å². The molecule has 1 aliphatic heterocycles.